The van der Waals surface area contributed by atoms with Gasteiger partial charge in [0.05, 0.1) is 40.3 Å². The van der Waals surface area contributed by atoms with Crippen molar-refractivity contribution in [2.45, 2.75) is 44.2 Å². The molecule has 8 rings (SSSR count). The van der Waals surface area contributed by atoms with Crippen molar-refractivity contribution >= 4 is 40.2 Å². The molecule has 12 heteroatoms. The molecular weight excluding hydrogens is 598 g/mol. The Kier molecular flexibility index (Phi) is 6.17. The molecule has 0 bridgehead atoms. The molecule has 43 heavy (non-hydrogen) atoms. The third-order valence-electron chi connectivity index (χ3n) is 9.18. The number of hydrogen-bond acceptors (Lipinski definition) is 7. The van der Waals surface area contributed by atoms with Gasteiger partial charge < -0.3 is 23.9 Å². The quantitative estimate of drug-likeness (QED) is 0.273. The number of piperidine rings is 1. The zero-order chi connectivity index (χ0) is 29.6. The number of hydrogen-bond donors (Lipinski definition) is 1. The number of ether oxygens (including phenoxy) is 3. The Labute approximate surface area is 256 Å². The highest BCUT2D eigenvalue weighted by Crippen LogP contribution is 2.63. The lowest BCUT2D eigenvalue weighted by atomic mass is 10.0. The molecule has 5 heterocycles. The molecule has 1 N–H and O–H groups in total. The summed E-state index contributed by atoms with van der Waals surface area (Å²) in [6, 6.07) is 9.59. The zero-order valence-electron chi connectivity index (χ0n) is 23.1. The van der Waals surface area contributed by atoms with Crippen LogP contribution in [0.25, 0.3) is 11.0 Å². The van der Waals surface area contributed by atoms with Crippen LogP contribution >= 0.6 is 23.2 Å². The van der Waals surface area contributed by atoms with E-state index in [2.05, 4.69) is 9.88 Å². The first-order valence-corrected chi connectivity index (χ1v) is 15.0. The molecule has 1 aliphatic carbocycles. The largest absolute Gasteiger partial charge is 0.478 e. The van der Waals surface area contributed by atoms with Crippen LogP contribution < -0.4 is 9.47 Å². The molecule has 222 valence electrons. The second kappa shape index (κ2) is 9.79. The van der Waals surface area contributed by atoms with Crippen LogP contribution in [0.3, 0.4) is 0 Å². The van der Waals surface area contributed by atoms with E-state index >= 15 is 4.39 Å². The summed E-state index contributed by atoms with van der Waals surface area (Å²) < 4.78 is 35.6. The number of fused-ring (bicyclic) bond motifs is 3. The van der Waals surface area contributed by atoms with Crippen LogP contribution in [0.2, 0.25) is 10.0 Å². The van der Waals surface area contributed by atoms with Crippen molar-refractivity contribution in [3.05, 3.63) is 81.1 Å². The molecule has 4 aliphatic rings. The summed E-state index contributed by atoms with van der Waals surface area (Å²) in [5.74, 6) is -0.224. The van der Waals surface area contributed by atoms with E-state index in [1.165, 1.54) is 18.3 Å². The number of halogens is 3. The Balaban J connectivity index is 1.03. The number of aromatic nitrogens is 3. The predicted octanol–water partition coefficient (Wildman–Crippen LogP) is 5.85. The second-order valence-electron chi connectivity index (χ2n) is 11.9. The van der Waals surface area contributed by atoms with Gasteiger partial charge in [0.15, 0.2) is 11.5 Å². The van der Waals surface area contributed by atoms with Crippen LogP contribution in [-0.4, -0.2) is 56.3 Å². The van der Waals surface area contributed by atoms with Gasteiger partial charge in [-0.25, -0.2) is 14.2 Å². The minimum absolute atomic E-state index is 0.0186. The fraction of sp³-hybridized carbons (Fsp3) is 0.387. The van der Waals surface area contributed by atoms with Gasteiger partial charge >= 0.3 is 5.97 Å². The molecule has 5 atom stereocenters. The van der Waals surface area contributed by atoms with E-state index in [9.17, 15) is 9.90 Å². The van der Waals surface area contributed by atoms with E-state index in [1.54, 1.807) is 31.2 Å². The topological polar surface area (TPSA) is 98.9 Å². The number of carbonyl (C=O) groups is 1. The number of nitrogens with zero attached hydrogens (tertiary/aromatic N) is 4. The predicted molar refractivity (Wildman–Crippen MR) is 155 cm³/mol. The Morgan fingerprint density at radius 1 is 1.16 bits per heavy atom. The van der Waals surface area contributed by atoms with Crippen LogP contribution in [0.5, 0.6) is 11.5 Å². The van der Waals surface area contributed by atoms with Crippen molar-refractivity contribution in [2.24, 2.45) is 11.8 Å². The monoisotopic (exact) mass is 624 g/mol. The summed E-state index contributed by atoms with van der Waals surface area (Å²) in [5, 5.41) is 10.4. The van der Waals surface area contributed by atoms with E-state index < -0.39 is 11.8 Å². The molecule has 2 saturated heterocycles. The van der Waals surface area contributed by atoms with Crippen molar-refractivity contribution in [3.63, 3.8) is 0 Å². The summed E-state index contributed by atoms with van der Waals surface area (Å²) in [7, 11) is 0. The van der Waals surface area contributed by atoms with Gasteiger partial charge in [0.1, 0.15) is 22.9 Å². The van der Waals surface area contributed by atoms with Crippen molar-refractivity contribution < 1.29 is 28.5 Å². The van der Waals surface area contributed by atoms with Crippen molar-refractivity contribution in [1.29, 1.82) is 0 Å². The molecule has 3 aliphatic heterocycles. The lowest BCUT2D eigenvalue weighted by Gasteiger charge is -2.28. The number of pyridine rings is 1. The summed E-state index contributed by atoms with van der Waals surface area (Å²) in [5.41, 5.74) is 2.51. The molecule has 9 nitrogen and oxygen atoms in total. The highest BCUT2D eigenvalue weighted by atomic mass is 35.5. The van der Waals surface area contributed by atoms with Gasteiger partial charge in [0.2, 0.25) is 0 Å². The van der Waals surface area contributed by atoms with Crippen molar-refractivity contribution in [1.82, 2.24) is 19.4 Å². The molecule has 2 aromatic carbocycles. The first-order chi connectivity index (χ1) is 20.7. The van der Waals surface area contributed by atoms with E-state index in [0.29, 0.717) is 63.5 Å². The van der Waals surface area contributed by atoms with E-state index in [0.717, 1.165) is 25.3 Å². The maximum atomic E-state index is 15.4. The molecule has 0 radical (unpaired) electrons. The fourth-order valence-electron chi connectivity index (χ4n) is 6.91. The number of rotatable bonds is 7. The molecule has 1 unspecified atom stereocenters. The number of aromatic carboxylic acids is 1. The molecule has 2 aromatic heterocycles. The standard InChI is InChI=1S/C31H27Cl2FN4O5/c1-31(24-5-2-16(32)10-35-24)42-23-4-3-21(34)27(29(23)43-31)26-18-12-37(13-19(18)26)14-25-36-28-20(33)8-15(30(39)40)9-22(28)38(25)11-17-6-7-41-17/h2-5,8-10,17-19,26H,6-7,11-14H2,1H3,(H,39,40)/t17-,18-,19+,26?,31+/m0/s1. The van der Waals surface area contributed by atoms with Gasteiger partial charge in [-0.05, 0) is 60.6 Å². The summed E-state index contributed by atoms with van der Waals surface area (Å²) in [4.78, 5) is 23.2. The van der Waals surface area contributed by atoms with E-state index in [1.807, 2.05) is 4.57 Å². The molecule has 0 spiro atoms. The van der Waals surface area contributed by atoms with Crippen LogP contribution in [0.15, 0.2) is 42.6 Å². The fourth-order valence-corrected chi connectivity index (χ4v) is 7.28. The third-order valence-corrected chi connectivity index (χ3v) is 9.69. The minimum Gasteiger partial charge on any atom is -0.478 e. The summed E-state index contributed by atoms with van der Waals surface area (Å²) in [6.45, 7) is 5.17. The minimum atomic E-state index is -1.18. The Hall–Kier alpha value is -3.44. The lowest BCUT2D eigenvalue weighted by molar-refractivity contribution is -0.0721. The maximum Gasteiger partial charge on any atom is 0.335 e. The first-order valence-electron chi connectivity index (χ1n) is 14.3. The van der Waals surface area contributed by atoms with Crippen LogP contribution in [0.4, 0.5) is 4.39 Å². The highest BCUT2D eigenvalue weighted by Gasteiger charge is 2.59. The molecule has 0 amide bonds. The number of benzene rings is 2. The van der Waals surface area contributed by atoms with Gasteiger partial charge in [0.25, 0.3) is 5.79 Å². The Morgan fingerprint density at radius 3 is 2.63 bits per heavy atom. The number of imidazole rings is 1. The summed E-state index contributed by atoms with van der Waals surface area (Å²) >= 11 is 12.5. The lowest BCUT2D eigenvalue weighted by Crippen LogP contribution is -2.33. The molecular formula is C31H27Cl2FN4O5. The SMILES string of the molecule is C[C@@]1(c2ccc(Cl)cn2)Oc2ccc(F)c(C3[C@H]4CN(Cc5nc6c(Cl)cc(C(=O)O)cc6n5C[C@@H]5CCO5)C[C@@H]34)c2O1. The molecule has 3 fully saturated rings. The zero-order valence-corrected chi connectivity index (χ0v) is 24.6. The summed E-state index contributed by atoms with van der Waals surface area (Å²) in [6.07, 6.45) is 2.53. The molecule has 1 saturated carbocycles. The van der Waals surface area contributed by atoms with Gasteiger partial charge in [0, 0.05) is 38.4 Å². The normalized spacial score (nSPS) is 27.3. The third kappa shape index (κ3) is 4.46. The van der Waals surface area contributed by atoms with Crippen LogP contribution in [0, 0.1) is 17.7 Å². The molecule has 4 aromatic rings. The first kappa shape index (κ1) is 27.1. The van der Waals surface area contributed by atoms with Gasteiger partial charge in [-0.3, -0.25) is 9.88 Å². The van der Waals surface area contributed by atoms with E-state index in [4.69, 9.17) is 42.4 Å². The van der Waals surface area contributed by atoms with Crippen molar-refractivity contribution in [2.75, 3.05) is 19.7 Å². The Morgan fingerprint density at radius 2 is 1.95 bits per heavy atom. The van der Waals surface area contributed by atoms with Crippen LogP contribution in [-0.2, 0) is 23.6 Å². The van der Waals surface area contributed by atoms with Gasteiger partial charge in [-0.2, -0.15) is 0 Å². The second-order valence-corrected chi connectivity index (χ2v) is 12.7. The highest BCUT2D eigenvalue weighted by molar-refractivity contribution is 6.35. The van der Waals surface area contributed by atoms with E-state index in [-0.39, 0.29) is 35.2 Å². The van der Waals surface area contributed by atoms with Crippen LogP contribution in [0.1, 0.15) is 46.7 Å². The maximum absolute atomic E-state index is 15.4. The van der Waals surface area contributed by atoms with Crippen molar-refractivity contribution in [3.8, 4) is 11.5 Å². The number of carboxylic acids is 1. The smallest absolute Gasteiger partial charge is 0.335 e. The average molecular weight is 625 g/mol. The van der Waals surface area contributed by atoms with Gasteiger partial charge in [-0.15, -0.1) is 0 Å². The van der Waals surface area contributed by atoms with Gasteiger partial charge in [-0.1, -0.05) is 23.2 Å². The number of likely N-dealkylation sites (tertiary alicyclic amines) is 1. The number of carboxylic acid groups (broad SMARTS) is 1. The average Bonchev–Trinajstić information content (AvgIpc) is 3.25. The Bertz CT molecular complexity index is 1780.